The lowest BCUT2D eigenvalue weighted by Gasteiger charge is -2.42. The van der Waals surface area contributed by atoms with Gasteiger partial charge in [0.1, 0.15) is 0 Å². The topological polar surface area (TPSA) is 66.2 Å². The van der Waals surface area contributed by atoms with Crippen LogP contribution in [0.2, 0.25) is 0 Å². The van der Waals surface area contributed by atoms with Crippen molar-refractivity contribution in [2.75, 3.05) is 33.6 Å². The zero-order valence-corrected chi connectivity index (χ0v) is 17.6. The first kappa shape index (κ1) is 19.1. The number of methoxy groups -OCH3 is 1. The van der Waals surface area contributed by atoms with E-state index in [1.165, 1.54) is 28.0 Å². The van der Waals surface area contributed by atoms with Gasteiger partial charge in [0.15, 0.2) is 23.0 Å². The number of hydrogen-bond acceptors (Lipinski definition) is 6. The molecule has 6 nitrogen and oxygen atoms in total. The van der Waals surface area contributed by atoms with Crippen molar-refractivity contribution >= 4 is 11.8 Å². The molecule has 0 bridgehead atoms. The van der Waals surface area contributed by atoms with E-state index in [0.717, 1.165) is 48.8 Å². The molecule has 0 spiro atoms. The first-order chi connectivity index (χ1) is 14.7. The average molecular weight is 408 g/mol. The fraction of sp³-hybridized carbons (Fsp3) is 0.417. The Morgan fingerprint density at radius 3 is 2.80 bits per heavy atom. The molecule has 0 aliphatic carbocycles. The highest BCUT2D eigenvalue weighted by Crippen LogP contribution is 2.49. The highest BCUT2D eigenvalue weighted by Gasteiger charge is 2.34. The zero-order chi connectivity index (χ0) is 20.7. The van der Waals surface area contributed by atoms with Crippen LogP contribution in [0.3, 0.4) is 0 Å². The normalized spacial score (nSPS) is 18.3. The maximum absolute atomic E-state index is 6.24. The Hall–Kier alpha value is -2.86. The minimum atomic E-state index is 0.179. The molecule has 3 aliphatic rings. The van der Waals surface area contributed by atoms with Gasteiger partial charge < -0.3 is 29.6 Å². The van der Waals surface area contributed by atoms with Gasteiger partial charge in [-0.25, -0.2) is 0 Å². The molecule has 0 aromatic heterocycles. The molecule has 2 N–H and O–H groups in total. The summed E-state index contributed by atoms with van der Waals surface area (Å²) in [5, 5.41) is 0. The molecule has 5 rings (SSSR count). The summed E-state index contributed by atoms with van der Waals surface area (Å²) in [7, 11) is 1.70. The van der Waals surface area contributed by atoms with Crippen LogP contribution < -0.4 is 24.7 Å². The van der Waals surface area contributed by atoms with Gasteiger partial charge >= 0.3 is 0 Å². The van der Waals surface area contributed by atoms with Gasteiger partial charge in [0.05, 0.1) is 19.8 Å². The molecule has 1 atom stereocenters. The predicted molar refractivity (Wildman–Crippen MR) is 116 cm³/mol. The number of ether oxygens (including phenoxy) is 4. The van der Waals surface area contributed by atoms with Crippen LogP contribution in [0.25, 0.3) is 11.8 Å². The number of unbranched alkanes of at least 4 members (excludes halogenated alkanes) is 1. The summed E-state index contributed by atoms with van der Waals surface area (Å²) in [6.07, 6.45) is 5.13. The largest absolute Gasteiger partial charge is 0.493 e. The predicted octanol–water partition coefficient (Wildman–Crippen LogP) is 3.97. The summed E-state index contributed by atoms with van der Waals surface area (Å²) in [4.78, 5) is 2.46. The van der Waals surface area contributed by atoms with Crippen molar-refractivity contribution in [3.05, 3.63) is 46.5 Å². The second kappa shape index (κ2) is 7.76. The van der Waals surface area contributed by atoms with Gasteiger partial charge in [0.25, 0.3) is 0 Å². The molecule has 6 heteroatoms. The van der Waals surface area contributed by atoms with Crippen molar-refractivity contribution in [3.8, 4) is 23.0 Å². The smallest absolute Gasteiger partial charge is 0.231 e. The van der Waals surface area contributed by atoms with Crippen LogP contribution in [-0.4, -0.2) is 38.5 Å². The summed E-state index contributed by atoms with van der Waals surface area (Å²) < 4.78 is 23.1. The molecule has 3 heterocycles. The highest BCUT2D eigenvalue weighted by molar-refractivity contribution is 5.88. The van der Waals surface area contributed by atoms with Crippen LogP contribution in [0.15, 0.2) is 24.3 Å². The Balaban J connectivity index is 1.57. The third-order valence-electron chi connectivity index (χ3n) is 6.24. The van der Waals surface area contributed by atoms with Crippen molar-refractivity contribution < 1.29 is 18.9 Å². The van der Waals surface area contributed by atoms with Crippen LogP contribution in [0.5, 0.6) is 23.0 Å². The number of hydrogen-bond donors (Lipinski definition) is 1. The summed E-state index contributed by atoms with van der Waals surface area (Å²) in [6.45, 7) is 4.81. The van der Waals surface area contributed by atoms with Crippen molar-refractivity contribution in [1.82, 2.24) is 4.90 Å². The average Bonchev–Trinajstić information content (AvgIpc) is 3.22. The molecule has 2 aromatic rings. The van der Waals surface area contributed by atoms with Crippen molar-refractivity contribution in [1.29, 1.82) is 0 Å². The molecule has 0 saturated carbocycles. The lowest BCUT2D eigenvalue weighted by molar-refractivity contribution is 0.174. The lowest BCUT2D eigenvalue weighted by atomic mass is 9.86. The summed E-state index contributed by atoms with van der Waals surface area (Å²) >= 11 is 0. The van der Waals surface area contributed by atoms with E-state index in [1.54, 1.807) is 7.11 Å². The third-order valence-corrected chi connectivity index (χ3v) is 6.24. The Bertz CT molecular complexity index is 1000. The van der Waals surface area contributed by atoms with Crippen LogP contribution in [0.1, 0.15) is 48.1 Å². The Kier molecular flexibility index (Phi) is 4.95. The standard InChI is InChI=1S/C24H28N2O4/c1-15-23-17(5-6-20(27-2)24(23)28-10-4-3-8-25)11-19-18-13-22-21(29-14-30-22)12-16(18)7-9-26(15)19/h5-6,11-13,15H,3-4,7-10,14,25H2,1-2H3. The van der Waals surface area contributed by atoms with Crippen molar-refractivity contribution in [3.63, 3.8) is 0 Å². The van der Waals surface area contributed by atoms with Gasteiger partial charge in [-0.1, -0.05) is 6.07 Å². The molecule has 0 amide bonds. The Morgan fingerprint density at radius 1 is 1.17 bits per heavy atom. The number of fused-ring (bicyclic) bond motifs is 5. The van der Waals surface area contributed by atoms with E-state index in [0.29, 0.717) is 19.9 Å². The summed E-state index contributed by atoms with van der Waals surface area (Å²) in [5.41, 5.74) is 11.8. The van der Waals surface area contributed by atoms with Gasteiger partial charge in [-0.2, -0.15) is 0 Å². The maximum Gasteiger partial charge on any atom is 0.231 e. The number of rotatable bonds is 6. The van der Waals surface area contributed by atoms with Crippen LogP contribution in [-0.2, 0) is 6.42 Å². The molecular formula is C24H28N2O4. The lowest BCUT2D eigenvalue weighted by Crippen LogP contribution is -2.34. The maximum atomic E-state index is 6.24. The second-order valence-corrected chi connectivity index (χ2v) is 7.96. The van der Waals surface area contributed by atoms with E-state index in [4.69, 9.17) is 24.7 Å². The Labute approximate surface area is 177 Å². The second-order valence-electron chi connectivity index (χ2n) is 7.96. The van der Waals surface area contributed by atoms with Crippen LogP contribution in [0, 0.1) is 0 Å². The van der Waals surface area contributed by atoms with Crippen molar-refractivity contribution in [2.24, 2.45) is 5.73 Å². The van der Waals surface area contributed by atoms with E-state index in [1.807, 2.05) is 6.07 Å². The molecule has 30 heavy (non-hydrogen) atoms. The molecule has 158 valence electrons. The number of benzene rings is 2. The van der Waals surface area contributed by atoms with Crippen molar-refractivity contribution in [2.45, 2.75) is 32.2 Å². The van der Waals surface area contributed by atoms with E-state index in [2.05, 4.69) is 36.1 Å². The minimum Gasteiger partial charge on any atom is -0.493 e. The van der Waals surface area contributed by atoms with Gasteiger partial charge in [-0.3, -0.25) is 0 Å². The van der Waals surface area contributed by atoms with Gasteiger partial charge in [0, 0.05) is 23.4 Å². The van der Waals surface area contributed by atoms with E-state index >= 15 is 0 Å². The number of nitrogens with two attached hydrogens (primary N) is 1. The molecule has 2 aromatic carbocycles. The molecule has 3 aliphatic heterocycles. The first-order valence-electron chi connectivity index (χ1n) is 10.7. The fourth-order valence-electron chi connectivity index (χ4n) is 4.69. The quantitative estimate of drug-likeness (QED) is 0.730. The monoisotopic (exact) mass is 408 g/mol. The molecule has 0 saturated heterocycles. The van der Waals surface area contributed by atoms with Gasteiger partial charge in [-0.15, -0.1) is 0 Å². The fourth-order valence-corrected chi connectivity index (χ4v) is 4.69. The number of nitrogens with zero attached hydrogens (tertiary/aromatic N) is 1. The van der Waals surface area contributed by atoms with Crippen LogP contribution in [0.4, 0.5) is 0 Å². The van der Waals surface area contributed by atoms with Crippen LogP contribution >= 0.6 is 0 Å². The SMILES string of the molecule is COc1ccc2c(c1OCCCCN)C(C)N1CCc3cc4c(cc3C1=C2)OCO4. The van der Waals surface area contributed by atoms with E-state index in [-0.39, 0.29) is 6.04 Å². The van der Waals surface area contributed by atoms with E-state index < -0.39 is 0 Å². The Morgan fingerprint density at radius 2 is 2.00 bits per heavy atom. The molecular weight excluding hydrogens is 380 g/mol. The van der Waals surface area contributed by atoms with Gasteiger partial charge in [-0.05, 0) is 68.1 Å². The van der Waals surface area contributed by atoms with E-state index in [9.17, 15) is 0 Å². The molecule has 1 unspecified atom stereocenters. The summed E-state index contributed by atoms with van der Waals surface area (Å²) in [6, 6.07) is 8.57. The zero-order valence-electron chi connectivity index (χ0n) is 17.6. The molecule has 0 radical (unpaired) electrons. The van der Waals surface area contributed by atoms with Gasteiger partial charge in [0.2, 0.25) is 6.79 Å². The summed E-state index contributed by atoms with van der Waals surface area (Å²) in [5.74, 6) is 3.32. The minimum absolute atomic E-state index is 0.179. The molecule has 0 fully saturated rings. The first-order valence-corrected chi connectivity index (χ1v) is 10.7. The third kappa shape index (κ3) is 3.06. The highest BCUT2D eigenvalue weighted by atomic mass is 16.7.